The molecule has 0 fully saturated rings. The lowest BCUT2D eigenvalue weighted by molar-refractivity contribution is -0.131. The van der Waals surface area contributed by atoms with Gasteiger partial charge in [0.2, 0.25) is 5.91 Å². The van der Waals surface area contributed by atoms with Crippen LogP contribution in [0.25, 0.3) is 0 Å². The third-order valence-corrected chi connectivity index (χ3v) is 3.63. The van der Waals surface area contributed by atoms with Gasteiger partial charge in [-0.3, -0.25) is 14.6 Å². The molecule has 0 aromatic carbocycles. The van der Waals surface area contributed by atoms with E-state index in [2.05, 4.69) is 20.6 Å². The van der Waals surface area contributed by atoms with E-state index in [4.69, 9.17) is 0 Å². The van der Waals surface area contributed by atoms with E-state index >= 15 is 0 Å². The van der Waals surface area contributed by atoms with Crippen molar-refractivity contribution in [2.75, 3.05) is 19.6 Å². The fraction of sp³-hybridized carbons (Fsp3) is 0.438. The number of carbonyl (C=O) groups is 2. The Labute approximate surface area is 140 Å². The number of hydrogen-bond donors (Lipinski definition) is 1. The first kappa shape index (κ1) is 17.6. The van der Waals surface area contributed by atoms with Gasteiger partial charge in [-0.2, -0.15) is 0 Å². The van der Waals surface area contributed by atoms with E-state index in [0.29, 0.717) is 26.1 Å². The Kier molecular flexibility index (Phi) is 6.41. The Morgan fingerprint density at radius 1 is 1.21 bits per heavy atom. The van der Waals surface area contributed by atoms with Crippen LogP contribution in [0, 0.1) is 0 Å². The number of hydrogen-bond acceptors (Lipinski definition) is 5. The maximum Gasteiger partial charge on any atom is 0.273 e. The Bertz CT molecular complexity index is 666. The lowest BCUT2D eigenvalue weighted by atomic mass is 10.2. The number of aromatic nitrogens is 4. The van der Waals surface area contributed by atoms with E-state index in [9.17, 15) is 9.59 Å². The molecule has 0 bridgehead atoms. The highest BCUT2D eigenvalue weighted by atomic mass is 16.2. The van der Waals surface area contributed by atoms with Crippen molar-refractivity contribution in [1.29, 1.82) is 0 Å². The molecule has 0 aliphatic heterocycles. The average molecular weight is 330 g/mol. The van der Waals surface area contributed by atoms with E-state index < -0.39 is 0 Å². The number of nitrogens with zero attached hydrogens (tertiary/aromatic N) is 5. The molecule has 0 radical (unpaired) electrons. The number of pyridine rings is 1. The largest absolute Gasteiger partial charge is 0.350 e. The maximum absolute atomic E-state index is 12.0. The highest BCUT2D eigenvalue weighted by Gasteiger charge is 2.14. The lowest BCUT2D eigenvalue weighted by Gasteiger charge is -2.17. The summed E-state index contributed by atoms with van der Waals surface area (Å²) in [4.78, 5) is 29.7. The molecule has 2 heterocycles. The third kappa shape index (κ3) is 4.87. The SMILES string of the molecule is CCN(CC)C(=O)Cn1cc(C(=O)NCCc2ccncc2)nn1. The van der Waals surface area contributed by atoms with Gasteiger partial charge in [0, 0.05) is 32.0 Å². The van der Waals surface area contributed by atoms with Crippen LogP contribution in [0.1, 0.15) is 29.9 Å². The van der Waals surface area contributed by atoms with Crippen molar-refractivity contribution in [2.45, 2.75) is 26.8 Å². The Hall–Kier alpha value is -2.77. The lowest BCUT2D eigenvalue weighted by Crippen LogP contribution is -2.33. The first-order valence-electron chi connectivity index (χ1n) is 7.99. The van der Waals surface area contributed by atoms with Crippen LogP contribution < -0.4 is 5.32 Å². The minimum atomic E-state index is -0.300. The van der Waals surface area contributed by atoms with Crippen LogP contribution in [0.5, 0.6) is 0 Å². The molecule has 0 saturated heterocycles. The van der Waals surface area contributed by atoms with Crippen molar-refractivity contribution in [3.8, 4) is 0 Å². The summed E-state index contributed by atoms with van der Waals surface area (Å²) in [7, 11) is 0. The molecule has 128 valence electrons. The van der Waals surface area contributed by atoms with E-state index in [0.717, 1.165) is 5.56 Å². The summed E-state index contributed by atoms with van der Waals surface area (Å²) in [5.41, 5.74) is 1.30. The molecule has 24 heavy (non-hydrogen) atoms. The quantitative estimate of drug-likeness (QED) is 0.761. The van der Waals surface area contributed by atoms with Gasteiger partial charge in [-0.25, -0.2) is 4.68 Å². The number of carbonyl (C=O) groups excluding carboxylic acids is 2. The van der Waals surface area contributed by atoms with Gasteiger partial charge in [-0.05, 0) is 38.0 Å². The molecule has 8 heteroatoms. The summed E-state index contributed by atoms with van der Waals surface area (Å²) >= 11 is 0. The molecule has 0 atom stereocenters. The Morgan fingerprint density at radius 2 is 1.92 bits per heavy atom. The Morgan fingerprint density at radius 3 is 2.58 bits per heavy atom. The van der Waals surface area contributed by atoms with Gasteiger partial charge in [-0.15, -0.1) is 5.10 Å². The van der Waals surface area contributed by atoms with Gasteiger partial charge < -0.3 is 10.2 Å². The molecule has 1 N–H and O–H groups in total. The zero-order valence-electron chi connectivity index (χ0n) is 14.0. The average Bonchev–Trinajstić information content (AvgIpc) is 3.05. The van der Waals surface area contributed by atoms with Crippen molar-refractivity contribution in [1.82, 2.24) is 30.2 Å². The number of nitrogens with one attached hydrogen (secondary N) is 1. The molecular weight excluding hydrogens is 308 g/mol. The van der Waals surface area contributed by atoms with Crippen LogP contribution in [0.2, 0.25) is 0 Å². The predicted octanol–water partition coefficient (Wildman–Crippen LogP) is 0.514. The zero-order valence-corrected chi connectivity index (χ0v) is 14.0. The van der Waals surface area contributed by atoms with Gasteiger partial charge in [0.05, 0.1) is 6.20 Å². The molecule has 2 amide bonds. The van der Waals surface area contributed by atoms with E-state index in [1.54, 1.807) is 17.3 Å². The molecule has 0 unspecified atom stereocenters. The highest BCUT2D eigenvalue weighted by Crippen LogP contribution is 1.99. The Balaban J connectivity index is 1.83. The van der Waals surface area contributed by atoms with Crippen molar-refractivity contribution in [3.63, 3.8) is 0 Å². The molecule has 2 rings (SSSR count). The summed E-state index contributed by atoms with van der Waals surface area (Å²) in [6, 6.07) is 3.81. The van der Waals surface area contributed by atoms with Crippen LogP contribution >= 0.6 is 0 Å². The van der Waals surface area contributed by atoms with E-state index in [-0.39, 0.29) is 24.1 Å². The fourth-order valence-corrected chi connectivity index (χ4v) is 2.26. The molecule has 0 spiro atoms. The topological polar surface area (TPSA) is 93.0 Å². The molecule has 0 saturated carbocycles. The second-order valence-corrected chi connectivity index (χ2v) is 5.23. The smallest absolute Gasteiger partial charge is 0.273 e. The molecule has 0 aliphatic rings. The second kappa shape index (κ2) is 8.76. The summed E-state index contributed by atoms with van der Waals surface area (Å²) < 4.78 is 1.39. The van der Waals surface area contributed by atoms with Crippen molar-refractivity contribution < 1.29 is 9.59 Å². The summed E-state index contributed by atoms with van der Waals surface area (Å²) in [6.45, 7) is 5.71. The molecule has 0 aliphatic carbocycles. The van der Waals surface area contributed by atoms with Crippen LogP contribution in [-0.4, -0.2) is 56.3 Å². The van der Waals surface area contributed by atoms with Gasteiger partial charge in [-0.1, -0.05) is 5.21 Å². The molecule has 2 aromatic rings. The predicted molar refractivity (Wildman–Crippen MR) is 88.2 cm³/mol. The molecular formula is C16H22N6O2. The first-order valence-corrected chi connectivity index (χ1v) is 7.99. The van der Waals surface area contributed by atoms with Crippen molar-refractivity contribution in [3.05, 3.63) is 42.0 Å². The summed E-state index contributed by atoms with van der Waals surface area (Å²) in [5.74, 6) is -0.347. The van der Waals surface area contributed by atoms with E-state index in [1.165, 1.54) is 10.9 Å². The number of likely N-dealkylation sites (N-methyl/N-ethyl adjacent to an activating group) is 1. The third-order valence-electron chi connectivity index (χ3n) is 3.63. The van der Waals surface area contributed by atoms with Crippen molar-refractivity contribution in [2.24, 2.45) is 0 Å². The van der Waals surface area contributed by atoms with Gasteiger partial charge in [0.1, 0.15) is 6.54 Å². The minimum Gasteiger partial charge on any atom is -0.350 e. The number of rotatable bonds is 8. The summed E-state index contributed by atoms with van der Waals surface area (Å²) in [6.07, 6.45) is 5.64. The van der Waals surface area contributed by atoms with Crippen LogP contribution in [-0.2, 0) is 17.8 Å². The fourth-order valence-electron chi connectivity index (χ4n) is 2.26. The molecule has 2 aromatic heterocycles. The minimum absolute atomic E-state index is 0.0467. The maximum atomic E-state index is 12.0. The second-order valence-electron chi connectivity index (χ2n) is 5.23. The van der Waals surface area contributed by atoms with Crippen LogP contribution in [0.3, 0.4) is 0 Å². The van der Waals surface area contributed by atoms with Gasteiger partial charge >= 0.3 is 0 Å². The van der Waals surface area contributed by atoms with Crippen molar-refractivity contribution >= 4 is 11.8 Å². The summed E-state index contributed by atoms with van der Waals surface area (Å²) in [5, 5.41) is 10.5. The number of amides is 2. The van der Waals surface area contributed by atoms with Crippen LogP contribution in [0.4, 0.5) is 0 Å². The normalized spacial score (nSPS) is 10.4. The molecule has 8 nitrogen and oxygen atoms in total. The monoisotopic (exact) mass is 330 g/mol. The van der Waals surface area contributed by atoms with Gasteiger partial charge in [0.25, 0.3) is 5.91 Å². The zero-order chi connectivity index (χ0) is 17.4. The van der Waals surface area contributed by atoms with Gasteiger partial charge in [0.15, 0.2) is 5.69 Å². The van der Waals surface area contributed by atoms with Crippen LogP contribution in [0.15, 0.2) is 30.7 Å². The first-order chi connectivity index (χ1) is 11.6. The highest BCUT2D eigenvalue weighted by molar-refractivity contribution is 5.91. The standard InChI is InChI=1S/C16H22N6O2/c1-3-21(4-2)15(23)12-22-11-14(19-20-22)16(24)18-10-7-13-5-8-17-9-6-13/h5-6,8-9,11H,3-4,7,10,12H2,1-2H3,(H,18,24). The van der Waals surface area contributed by atoms with E-state index in [1.807, 2.05) is 26.0 Å².